The maximum atomic E-state index is 14.7. The van der Waals surface area contributed by atoms with E-state index >= 15 is 0 Å². The fourth-order valence-electron chi connectivity index (χ4n) is 6.16. The highest BCUT2D eigenvalue weighted by atomic mass is 16.6. The smallest absolute Gasteiger partial charge is 0.344 e. The largest absolute Gasteiger partial charge is 0.496 e. The quantitative estimate of drug-likeness (QED) is 0.0797. The Kier molecular flexibility index (Phi) is 14.4. The Bertz CT molecular complexity index is 1770. The summed E-state index contributed by atoms with van der Waals surface area (Å²) < 4.78 is 27.1. The van der Waals surface area contributed by atoms with Crippen molar-refractivity contribution in [2.24, 2.45) is 0 Å². The van der Waals surface area contributed by atoms with E-state index in [9.17, 15) is 24.5 Å². The molecule has 1 unspecified atom stereocenters. The van der Waals surface area contributed by atoms with Crippen molar-refractivity contribution in [2.45, 2.75) is 79.8 Å². The molecule has 12 nitrogen and oxygen atoms in total. The Morgan fingerprint density at radius 3 is 1.90 bits per heavy atom. The molecule has 0 aliphatic carbocycles. The highest BCUT2D eigenvalue weighted by molar-refractivity contribution is 5.96. The van der Waals surface area contributed by atoms with E-state index in [1.165, 1.54) is 6.07 Å². The average Bonchev–Trinajstić information content (AvgIpc) is 3.08. The van der Waals surface area contributed by atoms with Crippen molar-refractivity contribution in [3.05, 3.63) is 98.6 Å². The number of esters is 2. The second-order valence-electron chi connectivity index (χ2n) is 13.2. The summed E-state index contributed by atoms with van der Waals surface area (Å²) in [6.07, 6.45) is 0.501. The van der Waals surface area contributed by atoms with Gasteiger partial charge in [-0.05, 0) is 90.3 Å². The molecule has 0 saturated carbocycles. The predicted molar refractivity (Wildman–Crippen MR) is 198 cm³/mol. The molecule has 0 bridgehead atoms. The Morgan fingerprint density at radius 2 is 1.42 bits per heavy atom. The average molecular weight is 719 g/mol. The summed E-state index contributed by atoms with van der Waals surface area (Å²) in [6.45, 7) is 18.5. The van der Waals surface area contributed by atoms with Crippen molar-refractivity contribution in [1.29, 1.82) is 0 Å². The van der Waals surface area contributed by atoms with Crippen molar-refractivity contribution in [3.63, 3.8) is 0 Å². The number of aryl methyl sites for hydroxylation is 2. The number of nitro groups is 1. The van der Waals surface area contributed by atoms with Gasteiger partial charge in [0.05, 0.1) is 37.4 Å². The van der Waals surface area contributed by atoms with Crippen LogP contribution in [0.4, 0.5) is 5.69 Å². The molecule has 0 aliphatic rings. The van der Waals surface area contributed by atoms with Crippen LogP contribution in [-0.4, -0.2) is 72.8 Å². The first kappa shape index (κ1) is 41.0. The topological polar surface area (TPSA) is 144 Å². The SMILES string of the molecule is C=C(c1cccc(OC)c1CC)C(Cc1cc(OCC(=O)OCC)c(OCC(=O)OCC)cc1[N+](=O)[O-])N(C(=O)c1cc(C)cc(C)c1)C(C)(C)C. The number of carbonyl (C=O) groups is 3. The molecule has 0 aromatic heterocycles. The number of hydrogen-bond donors (Lipinski definition) is 0. The molecule has 0 radical (unpaired) electrons. The first-order valence-corrected chi connectivity index (χ1v) is 17.2. The highest BCUT2D eigenvalue weighted by Gasteiger charge is 2.38. The summed E-state index contributed by atoms with van der Waals surface area (Å²) in [7, 11) is 1.58. The Labute approximate surface area is 305 Å². The minimum Gasteiger partial charge on any atom is -0.496 e. The van der Waals surface area contributed by atoms with E-state index < -0.39 is 41.7 Å². The van der Waals surface area contributed by atoms with Crippen molar-refractivity contribution in [3.8, 4) is 17.2 Å². The second-order valence-corrected chi connectivity index (χ2v) is 13.2. The van der Waals surface area contributed by atoms with Crippen molar-refractivity contribution in [1.82, 2.24) is 4.90 Å². The van der Waals surface area contributed by atoms with Gasteiger partial charge in [0.15, 0.2) is 24.7 Å². The predicted octanol–water partition coefficient (Wildman–Crippen LogP) is 7.23. The summed E-state index contributed by atoms with van der Waals surface area (Å²) in [5, 5.41) is 12.7. The molecule has 280 valence electrons. The summed E-state index contributed by atoms with van der Waals surface area (Å²) in [6, 6.07) is 12.9. The van der Waals surface area contributed by atoms with Crippen molar-refractivity contribution in [2.75, 3.05) is 33.5 Å². The summed E-state index contributed by atoms with van der Waals surface area (Å²) in [5.41, 5.74) is 3.42. The lowest BCUT2D eigenvalue weighted by molar-refractivity contribution is -0.385. The zero-order valence-corrected chi connectivity index (χ0v) is 31.6. The third-order valence-corrected chi connectivity index (χ3v) is 8.23. The Morgan fingerprint density at radius 1 is 0.865 bits per heavy atom. The molecule has 0 aliphatic heterocycles. The molecule has 0 fully saturated rings. The molecule has 1 amide bonds. The molecule has 3 rings (SSSR count). The van der Waals surface area contributed by atoms with E-state index in [1.54, 1.807) is 25.9 Å². The molecule has 1 atom stereocenters. The molecule has 0 heterocycles. The molecular weight excluding hydrogens is 668 g/mol. The van der Waals surface area contributed by atoms with E-state index in [2.05, 4.69) is 6.58 Å². The zero-order chi connectivity index (χ0) is 38.7. The third-order valence-electron chi connectivity index (χ3n) is 8.23. The molecular formula is C40H50N2O10. The lowest BCUT2D eigenvalue weighted by Gasteiger charge is -2.43. The number of benzene rings is 3. The van der Waals surface area contributed by atoms with Gasteiger partial charge in [-0.2, -0.15) is 0 Å². The summed E-state index contributed by atoms with van der Waals surface area (Å²) in [4.78, 5) is 53.0. The monoisotopic (exact) mass is 718 g/mol. The fourth-order valence-corrected chi connectivity index (χ4v) is 6.16. The summed E-state index contributed by atoms with van der Waals surface area (Å²) in [5.74, 6) is -1.20. The number of amides is 1. The molecule has 3 aromatic rings. The molecule has 52 heavy (non-hydrogen) atoms. The van der Waals surface area contributed by atoms with Crippen LogP contribution in [0, 0.1) is 24.0 Å². The Balaban J connectivity index is 2.32. The molecule has 3 aromatic carbocycles. The van der Waals surface area contributed by atoms with Gasteiger partial charge in [0.2, 0.25) is 0 Å². The normalized spacial score (nSPS) is 11.6. The van der Waals surface area contributed by atoms with Gasteiger partial charge in [0.1, 0.15) is 5.75 Å². The van der Waals surface area contributed by atoms with Crippen LogP contribution >= 0.6 is 0 Å². The number of nitro benzene ring substituents is 1. The van der Waals surface area contributed by atoms with Gasteiger partial charge >= 0.3 is 11.9 Å². The second kappa shape index (κ2) is 18.2. The van der Waals surface area contributed by atoms with E-state index in [4.69, 9.17) is 23.7 Å². The van der Waals surface area contributed by atoms with Crippen molar-refractivity contribution >= 4 is 29.1 Å². The van der Waals surface area contributed by atoms with Crippen molar-refractivity contribution < 1.29 is 43.0 Å². The van der Waals surface area contributed by atoms with Gasteiger partial charge in [-0.3, -0.25) is 14.9 Å². The van der Waals surface area contributed by atoms with Crippen LogP contribution in [0.2, 0.25) is 0 Å². The van der Waals surface area contributed by atoms with Gasteiger partial charge in [0, 0.05) is 28.7 Å². The minimum atomic E-state index is -0.839. The maximum Gasteiger partial charge on any atom is 0.344 e. The van der Waals surface area contributed by atoms with Gasteiger partial charge in [0.25, 0.3) is 11.6 Å². The third kappa shape index (κ3) is 10.3. The van der Waals surface area contributed by atoms with E-state index in [0.717, 1.165) is 28.3 Å². The number of carbonyl (C=O) groups excluding carboxylic acids is 3. The maximum absolute atomic E-state index is 14.7. The van der Waals surface area contributed by atoms with Crippen LogP contribution in [0.5, 0.6) is 17.2 Å². The first-order chi connectivity index (χ1) is 24.6. The lowest BCUT2D eigenvalue weighted by atomic mass is 9.86. The van der Waals surface area contributed by atoms with Crippen LogP contribution in [-0.2, 0) is 31.9 Å². The zero-order valence-electron chi connectivity index (χ0n) is 31.6. The van der Waals surface area contributed by atoms with Crippen LogP contribution in [0.3, 0.4) is 0 Å². The van der Waals surface area contributed by atoms with Crippen LogP contribution in [0.1, 0.15) is 79.7 Å². The highest BCUT2D eigenvalue weighted by Crippen LogP contribution is 2.40. The number of rotatable bonds is 17. The number of hydrogen-bond acceptors (Lipinski definition) is 10. The number of methoxy groups -OCH3 is 1. The molecule has 0 N–H and O–H groups in total. The standard InChI is InChI=1S/C40H50N2O10/c1-11-30-31(15-14-16-34(30)48-10)27(6)32(41(40(7,8)9)39(45)29-18-25(4)17-26(5)19-29)20-28-21-35(51-23-37(43)49-12-2)36(22-33(28)42(46)47)52-24-38(44)50-13-3/h14-19,21-22,32H,6,11-13,20,23-24H2,1-5,7-10H3. The first-order valence-electron chi connectivity index (χ1n) is 17.2. The van der Waals surface area contributed by atoms with Crippen LogP contribution in [0.25, 0.3) is 5.57 Å². The van der Waals surface area contributed by atoms with Gasteiger partial charge in [-0.25, -0.2) is 9.59 Å². The molecule has 0 spiro atoms. The van der Waals surface area contributed by atoms with Crippen LogP contribution in [0.15, 0.2) is 55.1 Å². The number of nitrogens with zero attached hydrogens (tertiary/aromatic N) is 2. The Hall–Kier alpha value is -5.39. The van der Waals surface area contributed by atoms with Gasteiger partial charge in [-0.15, -0.1) is 0 Å². The van der Waals surface area contributed by atoms with Crippen LogP contribution < -0.4 is 14.2 Å². The van der Waals surface area contributed by atoms with E-state index in [1.807, 2.05) is 77.9 Å². The summed E-state index contributed by atoms with van der Waals surface area (Å²) >= 11 is 0. The molecule has 12 heteroatoms. The number of ether oxygens (including phenoxy) is 5. The van der Waals surface area contributed by atoms with E-state index in [0.29, 0.717) is 23.3 Å². The van der Waals surface area contributed by atoms with Gasteiger partial charge < -0.3 is 28.6 Å². The molecule has 0 saturated heterocycles. The van der Waals surface area contributed by atoms with Gasteiger partial charge in [-0.1, -0.05) is 42.8 Å². The fraction of sp³-hybridized carbons (Fsp3) is 0.425. The lowest BCUT2D eigenvalue weighted by Crippen LogP contribution is -2.53. The van der Waals surface area contributed by atoms with E-state index in [-0.39, 0.29) is 48.3 Å². The minimum absolute atomic E-state index is 0.0408.